The number of carbonyl (C=O) groups excluding carboxylic acids is 3. The van der Waals surface area contributed by atoms with Crippen molar-refractivity contribution < 1.29 is 19.1 Å². The Morgan fingerprint density at radius 2 is 1.71 bits per heavy atom. The summed E-state index contributed by atoms with van der Waals surface area (Å²) in [5.74, 6) is 2.05. The molecule has 0 amide bonds. The van der Waals surface area contributed by atoms with E-state index >= 15 is 0 Å². The average Bonchev–Trinajstić information content (AvgIpc) is 3.15. The first-order valence-electron chi connectivity index (χ1n) is 15.1. The van der Waals surface area contributed by atoms with Gasteiger partial charge in [-0.3, -0.25) is 9.59 Å². The smallest absolute Gasteiger partial charge is 0.338 e. The van der Waals surface area contributed by atoms with Crippen LogP contribution >= 0.6 is 0 Å². The highest BCUT2D eigenvalue weighted by atomic mass is 16.5. The number of Topliss-reactive ketones (excluding diaryl/α,β-unsaturated/α-hetero) is 2. The molecular weight excluding hydrogens is 472 g/mol. The Balaban J connectivity index is 1.35. The predicted octanol–water partition coefficient (Wildman–Crippen LogP) is 7.76. The monoisotopic (exact) mass is 518 g/mol. The van der Waals surface area contributed by atoms with Crippen LogP contribution in [0.5, 0.6) is 0 Å². The van der Waals surface area contributed by atoms with Crippen LogP contribution < -0.4 is 0 Å². The van der Waals surface area contributed by atoms with E-state index in [1.54, 1.807) is 12.1 Å². The first-order chi connectivity index (χ1) is 18.0. The van der Waals surface area contributed by atoms with Crippen molar-refractivity contribution in [3.8, 4) is 0 Å². The van der Waals surface area contributed by atoms with Crippen molar-refractivity contribution in [1.82, 2.24) is 0 Å². The van der Waals surface area contributed by atoms with Crippen LogP contribution in [0.2, 0.25) is 0 Å². The molecule has 38 heavy (non-hydrogen) atoms. The molecule has 7 atom stereocenters. The van der Waals surface area contributed by atoms with Crippen molar-refractivity contribution in [2.24, 2.45) is 40.4 Å². The number of ether oxygens (including phenoxy) is 1. The topological polar surface area (TPSA) is 60.4 Å². The van der Waals surface area contributed by atoms with Gasteiger partial charge in [-0.15, -0.1) is 0 Å². The first kappa shape index (κ1) is 27.3. The number of hydrogen-bond donors (Lipinski definition) is 0. The molecule has 1 aromatic rings. The third-order valence-electron chi connectivity index (χ3n) is 11.1. The number of ketones is 2. The highest BCUT2D eigenvalue weighted by Gasteiger charge is 2.60. The van der Waals surface area contributed by atoms with Gasteiger partial charge in [-0.1, -0.05) is 72.1 Å². The molecule has 5 rings (SSSR count). The van der Waals surface area contributed by atoms with Gasteiger partial charge in [0.15, 0.2) is 11.6 Å². The molecule has 0 N–H and O–H groups in total. The summed E-state index contributed by atoms with van der Waals surface area (Å²) in [6, 6.07) is 9.16. The molecule has 3 saturated carbocycles. The van der Waals surface area contributed by atoms with Crippen LogP contribution in [-0.2, 0) is 14.3 Å². The lowest BCUT2D eigenvalue weighted by molar-refractivity contribution is -0.128. The van der Waals surface area contributed by atoms with Crippen molar-refractivity contribution in [2.45, 2.75) is 105 Å². The summed E-state index contributed by atoms with van der Waals surface area (Å²) in [6.07, 6.45) is 9.02. The van der Waals surface area contributed by atoms with E-state index in [-0.39, 0.29) is 46.3 Å². The number of allylic oxidation sites excluding steroid dienone is 2. The fourth-order valence-corrected chi connectivity index (χ4v) is 8.82. The molecule has 0 spiro atoms. The summed E-state index contributed by atoms with van der Waals surface area (Å²) in [7, 11) is 0. The van der Waals surface area contributed by atoms with Crippen LogP contribution in [0.3, 0.4) is 0 Å². The molecule has 0 aliphatic heterocycles. The molecule has 1 aromatic carbocycles. The normalized spacial score (nSPS) is 35.5. The minimum atomic E-state index is -0.275. The number of benzene rings is 1. The number of rotatable bonds is 7. The van der Waals surface area contributed by atoms with Gasteiger partial charge in [-0.2, -0.15) is 0 Å². The van der Waals surface area contributed by atoms with Crippen LogP contribution in [0.4, 0.5) is 0 Å². The van der Waals surface area contributed by atoms with Gasteiger partial charge in [0.1, 0.15) is 6.10 Å². The van der Waals surface area contributed by atoms with Crippen molar-refractivity contribution in [1.29, 1.82) is 0 Å². The lowest BCUT2D eigenvalue weighted by atomic mass is 9.48. The number of carbonyl (C=O) groups is 3. The second-order valence-corrected chi connectivity index (χ2v) is 13.8. The number of fused-ring (bicyclic) bond motifs is 4. The minimum absolute atomic E-state index is 0.0194. The number of hydrogen-bond acceptors (Lipinski definition) is 4. The van der Waals surface area contributed by atoms with Gasteiger partial charge in [-0.05, 0) is 84.7 Å². The van der Waals surface area contributed by atoms with Gasteiger partial charge in [0.05, 0.1) is 5.56 Å². The largest absolute Gasteiger partial charge is 0.459 e. The third-order valence-corrected chi connectivity index (χ3v) is 11.1. The quantitative estimate of drug-likeness (QED) is 0.346. The van der Waals surface area contributed by atoms with E-state index in [0.29, 0.717) is 36.2 Å². The Bertz CT molecular complexity index is 1120. The molecule has 4 nitrogen and oxygen atoms in total. The van der Waals surface area contributed by atoms with Crippen LogP contribution in [0, 0.1) is 40.4 Å². The SMILES string of the molecule is CC(C)CCC[C@@H](C)[C@H]1CC(=O)C2=C3C(=O)C[C@H]4C[C@@H](OC(=O)c5ccccc5)CC[C@]4(C)[C@H]3CC[C@@]21C. The lowest BCUT2D eigenvalue weighted by Gasteiger charge is -2.55. The van der Waals surface area contributed by atoms with Gasteiger partial charge < -0.3 is 4.74 Å². The molecular formula is C34H46O4. The van der Waals surface area contributed by atoms with E-state index in [1.807, 2.05) is 18.2 Å². The molecule has 0 saturated heterocycles. The third kappa shape index (κ3) is 4.71. The molecule has 4 aliphatic carbocycles. The molecule has 3 fully saturated rings. The second kappa shape index (κ2) is 10.4. The number of esters is 1. The van der Waals surface area contributed by atoms with Gasteiger partial charge >= 0.3 is 5.97 Å². The van der Waals surface area contributed by atoms with E-state index in [4.69, 9.17) is 4.74 Å². The average molecular weight is 519 g/mol. The van der Waals surface area contributed by atoms with Crippen molar-refractivity contribution >= 4 is 17.5 Å². The van der Waals surface area contributed by atoms with Crippen molar-refractivity contribution in [3.05, 3.63) is 47.0 Å². The lowest BCUT2D eigenvalue weighted by Crippen LogP contribution is -2.51. The zero-order chi connectivity index (χ0) is 27.2. The first-order valence-corrected chi connectivity index (χ1v) is 15.1. The Morgan fingerprint density at radius 1 is 0.974 bits per heavy atom. The van der Waals surface area contributed by atoms with Gasteiger partial charge in [-0.25, -0.2) is 4.79 Å². The molecule has 0 aromatic heterocycles. The maximum Gasteiger partial charge on any atom is 0.338 e. The molecule has 4 aliphatic rings. The summed E-state index contributed by atoms with van der Waals surface area (Å²) in [4.78, 5) is 40.1. The molecule has 0 radical (unpaired) electrons. The highest BCUT2D eigenvalue weighted by molar-refractivity contribution is 6.10. The van der Waals surface area contributed by atoms with Gasteiger partial charge in [0.2, 0.25) is 0 Å². The maximum absolute atomic E-state index is 13.8. The zero-order valence-corrected chi connectivity index (χ0v) is 24.1. The van der Waals surface area contributed by atoms with E-state index in [9.17, 15) is 14.4 Å². The summed E-state index contributed by atoms with van der Waals surface area (Å²) >= 11 is 0. The summed E-state index contributed by atoms with van der Waals surface area (Å²) in [5, 5.41) is 0. The summed E-state index contributed by atoms with van der Waals surface area (Å²) in [5.41, 5.74) is 2.21. The Kier molecular flexibility index (Phi) is 7.48. The van der Waals surface area contributed by atoms with Crippen LogP contribution in [0.25, 0.3) is 0 Å². The molecule has 206 valence electrons. The molecule has 0 bridgehead atoms. The fourth-order valence-electron chi connectivity index (χ4n) is 8.82. The zero-order valence-electron chi connectivity index (χ0n) is 24.1. The van der Waals surface area contributed by atoms with E-state index in [2.05, 4.69) is 34.6 Å². The Labute approximate surface area is 229 Å². The second-order valence-electron chi connectivity index (χ2n) is 13.8. The molecule has 0 unspecified atom stereocenters. The van der Waals surface area contributed by atoms with Crippen LogP contribution in [-0.4, -0.2) is 23.6 Å². The van der Waals surface area contributed by atoms with Crippen LogP contribution in [0.15, 0.2) is 41.5 Å². The predicted molar refractivity (Wildman–Crippen MR) is 150 cm³/mol. The van der Waals surface area contributed by atoms with E-state index in [1.165, 1.54) is 12.8 Å². The minimum Gasteiger partial charge on any atom is -0.459 e. The van der Waals surface area contributed by atoms with Crippen molar-refractivity contribution in [3.63, 3.8) is 0 Å². The van der Waals surface area contributed by atoms with Crippen molar-refractivity contribution in [2.75, 3.05) is 0 Å². The summed E-state index contributed by atoms with van der Waals surface area (Å²) in [6.45, 7) is 11.5. The highest BCUT2D eigenvalue weighted by Crippen LogP contribution is 2.64. The molecule has 4 heteroatoms. The standard InChI is InChI=1S/C34H46O4/c1-21(2)10-9-11-22(3)27-20-29(36)31-30-26(15-17-34(27,31)5)33(4)16-14-25(18-24(33)19-28(30)35)38-32(37)23-12-7-6-8-13-23/h6-8,12-13,21-22,24-27H,9-11,14-20H2,1-5H3/t22-,24-,25+,26+,27-,33+,34-/m1/s1. The maximum atomic E-state index is 13.8. The Morgan fingerprint density at radius 3 is 2.42 bits per heavy atom. The summed E-state index contributed by atoms with van der Waals surface area (Å²) < 4.78 is 5.92. The Hall–Kier alpha value is -2.23. The van der Waals surface area contributed by atoms with Gasteiger partial charge in [0, 0.05) is 24.0 Å². The van der Waals surface area contributed by atoms with Crippen LogP contribution in [0.1, 0.15) is 109 Å². The fraction of sp³-hybridized carbons (Fsp3) is 0.676. The van der Waals surface area contributed by atoms with E-state index in [0.717, 1.165) is 49.7 Å². The molecule has 0 heterocycles. The van der Waals surface area contributed by atoms with Gasteiger partial charge in [0.25, 0.3) is 0 Å². The van der Waals surface area contributed by atoms with E-state index < -0.39 is 0 Å².